The fraction of sp³-hybridized carbons (Fsp3) is 0.333. The number of hydrogen-bond donors (Lipinski definition) is 2. The lowest BCUT2D eigenvalue weighted by Crippen LogP contribution is -2.19. The number of aromatic nitrogens is 3. The molecule has 0 fully saturated rings. The Bertz CT molecular complexity index is 525. The Labute approximate surface area is 113 Å². The van der Waals surface area contributed by atoms with Gasteiger partial charge in [-0.15, -0.1) is 0 Å². The standard InChI is InChI=1S/C12H13F3N4O/c1-8(10-4-5-17-19-10)18-9-2-3-11(16-6-9)20-7-12(13,14)15/h2-6,8,18H,7H2,1H3,(H,17,19). The van der Waals surface area contributed by atoms with E-state index in [1.54, 1.807) is 12.3 Å². The molecule has 2 rings (SSSR count). The van der Waals surface area contributed by atoms with Gasteiger partial charge in [0.15, 0.2) is 6.61 Å². The summed E-state index contributed by atoms with van der Waals surface area (Å²) in [5.74, 6) is -0.0675. The minimum atomic E-state index is -4.37. The van der Waals surface area contributed by atoms with Gasteiger partial charge in [-0.2, -0.15) is 18.3 Å². The molecular weight excluding hydrogens is 273 g/mol. The average molecular weight is 286 g/mol. The van der Waals surface area contributed by atoms with Crippen molar-refractivity contribution in [3.63, 3.8) is 0 Å². The molecule has 0 bridgehead atoms. The predicted octanol–water partition coefficient (Wildman–Crippen LogP) is 2.92. The topological polar surface area (TPSA) is 62.8 Å². The van der Waals surface area contributed by atoms with Crippen LogP contribution >= 0.6 is 0 Å². The van der Waals surface area contributed by atoms with Crippen molar-refractivity contribution in [1.82, 2.24) is 15.2 Å². The first-order chi connectivity index (χ1) is 9.44. The molecule has 5 nitrogen and oxygen atoms in total. The van der Waals surface area contributed by atoms with Gasteiger partial charge < -0.3 is 10.1 Å². The van der Waals surface area contributed by atoms with E-state index in [4.69, 9.17) is 0 Å². The third-order valence-electron chi connectivity index (χ3n) is 2.49. The molecule has 8 heteroatoms. The highest BCUT2D eigenvalue weighted by Gasteiger charge is 2.28. The van der Waals surface area contributed by atoms with Gasteiger partial charge in [0, 0.05) is 12.3 Å². The summed E-state index contributed by atoms with van der Waals surface area (Å²) in [6.07, 6.45) is -1.31. The van der Waals surface area contributed by atoms with Crippen molar-refractivity contribution in [1.29, 1.82) is 0 Å². The van der Waals surface area contributed by atoms with Crippen LogP contribution in [0.5, 0.6) is 5.88 Å². The van der Waals surface area contributed by atoms with Crippen molar-refractivity contribution in [2.45, 2.75) is 19.1 Å². The summed E-state index contributed by atoms with van der Waals surface area (Å²) < 4.78 is 40.4. The van der Waals surface area contributed by atoms with Crippen LogP contribution in [-0.2, 0) is 0 Å². The molecule has 0 amide bonds. The first kappa shape index (κ1) is 14.2. The van der Waals surface area contributed by atoms with Gasteiger partial charge in [-0.25, -0.2) is 4.98 Å². The molecule has 1 unspecified atom stereocenters. The first-order valence-electron chi connectivity index (χ1n) is 5.85. The average Bonchev–Trinajstić information content (AvgIpc) is 2.91. The number of H-pyrrole nitrogens is 1. The second-order valence-electron chi connectivity index (χ2n) is 4.17. The maximum atomic E-state index is 12.0. The summed E-state index contributed by atoms with van der Waals surface area (Å²) in [5.41, 5.74) is 1.56. The van der Waals surface area contributed by atoms with Crippen LogP contribution in [0.2, 0.25) is 0 Å². The van der Waals surface area contributed by atoms with E-state index < -0.39 is 12.8 Å². The number of rotatable bonds is 5. The first-order valence-corrected chi connectivity index (χ1v) is 5.85. The van der Waals surface area contributed by atoms with E-state index in [2.05, 4.69) is 25.2 Å². The van der Waals surface area contributed by atoms with Gasteiger partial charge >= 0.3 is 6.18 Å². The zero-order chi connectivity index (χ0) is 14.6. The Morgan fingerprint density at radius 3 is 2.70 bits per heavy atom. The van der Waals surface area contributed by atoms with E-state index in [-0.39, 0.29) is 11.9 Å². The molecule has 20 heavy (non-hydrogen) atoms. The summed E-state index contributed by atoms with van der Waals surface area (Å²) in [4.78, 5) is 3.81. The number of anilines is 1. The molecule has 0 aliphatic heterocycles. The van der Waals surface area contributed by atoms with Crippen molar-refractivity contribution in [3.05, 3.63) is 36.3 Å². The molecule has 0 spiro atoms. The predicted molar refractivity (Wildman–Crippen MR) is 66.4 cm³/mol. The van der Waals surface area contributed by atoms with Gasteiger partial charge in [-0.1, -0.05) is 0 Å². The minimum absolute atomic E-state index is 0.0266. The van der Waals surface area contributed by atoms with Gasteiger partial charge in [-0.3, -0.25) is 5.10 Å². The fourth-order valence-electron chi connectivity index (χ4n) is 1.54. The number of ether oxygens (including phenoxy) is 1. The molecule has 0 aliphatic carbocycles. The molecule has 0 saturated heterocycles. The molecule has 0 aromatic carbocycles. The lowest BCUT2D eigenvalue weighted by molar-refractivity contribution is -0.154. The SMILES string of the molecule is CC(Nc1ccc(OCC(F)(F)F)nc1)c1ccn[nH]1. The van der Waals surface area contributed by atoms with Crippen molar-refractivity contribution < 1.29 is 17.9 Å². The van der Waals surface area contributed by atoms with Crippen LogP contribution in [0.15, 0.2) is 30.6 Å². The van der Waals surface area contributed by atoms with Crippen LogP contribution in [0.4, 0.5) is 18.9 Å². The molecule has 0 saturated carbocycles. The lowest BCUT2D eigenvalue weighted by Gasteiger charge is -2.13. The van der Waals surface area contributed by atoms with E-state index in [0.717, 1.165) is 5.69 Å². The lowest BCUT2D eigenvalue weighted by atomic mass is 10.2. The van der Waals surface area contributed by atoms with Gasteiger partial charge in [0.1, 0.15) is 0 Å². The van der Waals surface area contributed by atoms with Crippen LogP contribution < -0.4 is 10.1 Å². The summed E-state index contributed by atoms with van der Waals surface area (Å²) in [6.45, 7) is 0.568. The summed E-state index contributed by atoms with van der Waals surface area (Å²) in [7, 11) is 0. The molecule has 1 atom stereocenters. The number of alkyl halides is 3. The Balaban J connectivity index is 1.91. The van der Waals surface area contributed by atoms with E-state index in [9.17, 15) is 13.2 Å². The number of hydrogen-bond acceptors (Lipinski definition) is 4. The molecule has 2 heterocycles. The van der Waals surface area contributed by atoms with Gasteiger partial charge in [0.05, 0.1) is 23.6 Å². The quantitative estimate of drug-likeness (QED) is 0.887. The van der Waals surface area contributed by atoms with Crippen molar-refractivity contribution in [2.75, 3.05) is 11.9 Å². The zero-order valence-corrected chi connectivity index (χ0v) is 10.6. The van der Waals surface area contributed by atoms with E-state index in [1.165, 1.54) is 12.3 Å². The summed E-state index contributed by atoms with van der Waals surface area (Å²) >= 11 is 0. The Morgan fingerprint density at radius 2 is 2.15 bits per heavy atom. The summed E-state index contributed by atoms with van der Waals surface area (Å²) in [6, 6.07) is 4.78. The Morgan fingerprint density at radius 1 is 1.35 bits per heavy atom. The normalized spacial score (nSPS) is 13.0. The number of pyridine rings is 1. The molecule has 0 aliphatic rings. The number of aromatic amines is 1. The molecular formula is C12H13F3N4O. The van der Waals surface area contributed by atoms with Crippen LogP contribution in [0.1, 0.15) is 18.7 Å². The van der Waals surface area contributed by atoms with E-state index >= 15 is 0 Å². The molecule has 2 N–H and O–H groups in total. The van der Waals surface area contributed by atoms with Crippen LogP contribution in [0.3, 0.4) is 0 Å². The van der Waals surface area contributed by atoms with Crippen molar-refractivity contribution in [3.8, 4) is 5.88 Å². The highest BCUT2D eigenvalue weighted by atomic mass is 19.4. The van der Waals surface area contributed by atoms with Gasteiger partial charge in [0.2, 0.25) is 5.88 Å². The number of nitrogens with zero attached hydrogens (tertiary/aromatic N) is 2. The fourth-order valence-corrected chi connectivity index (χ4v) is 1.54. The monoisotopic (exact) mass is 286 g/mol. The maximum absolute atomic E-state index is 12.0. The Hall–Kier alpha value is -2.25. The molecule has 0 radical (unpaired) electrons. The van der Waals surface area contributed by atoms with Crippen LogP contribution in [-0.4, -0.2) is 28.0 Å². The van der Waals surface area contributed by atoms with Crippen LogP contribution in [0.25, 0.3) is 0 Å². The number of halogens is 3. The smallest absolute Gasteiger partial charge is 0.422 e. The Kier molecular flexibility index (Phi) is 4.11. The van der Waals surface area contributed by atoms with Gasteiger partial charge in [0.25, 0.3) is 0 Å². The summed E-state index contributed by atoms with van der Waals surface area (Å²) in [5, 5.41) is 9.79. The highest BCUT2D eigenvalue weighted by molar-refractivity contribution is 5.43. The zero-order valence-electron chi connectivity index (χ0n) is 10.6. The third-order valence-corrected chi connectivity index (χ3v) is 2.49. The molecule has 2 aromatic heterocycles. The highest BCUT2D eigenvalue weighted by Crippen LogP contribution is 2.20. The second kappa shape index (κ2) is 5.81. The molecule has 108 valence electrons. The van der Waals surface area contributed by atoms with Crippen LogP contribution in [0, 0.1) is 0 Å². The van der Waals surface area contributed by atoms with E-state index in [0.29, 0.717) is 5.69 Å². The van der Waals surface area contributed by atoms with Crippen molar-refractivity contribution in [2.24, 2.45) is 0 Å². The largest absolute Gasteiger partial charge is 0.468 e. The third kappa shape index (κ3) is 4.15. The maximum Gasteiger partial charge on any atom is 0.422 e. The minimum Gasteiger partial charge on any atom is -0.468 e. The molecule has 2 aromatic rings. The second-order valence-corrected chi connectivity index (χ2v) is 4.17. The van der Waals surface area contributed by atoms with E-state index in [1.807, 2.05) is 13.0 Å². The number of nitrogens with one attached hydrogen (secondary N) is 2. The van der Waals surface area contributed by atoms with Gasteiger partial charge in [-0.05, 0) is 19.1 Å². The van der Waals surface area contributed by atoms with Crippen molar-refractivity contribution >= 4 is 5.69 Å².